The summed E-state index contributed by atoms with van der Waals surface area (Å²) in [4.78, 5) is 15.1. The predicted octanol–water partition coefficient (Wildman–Crippen LogP) is 2.77. The Hall–Kier alpha value is -1.06. The van der Waals surface area contributed by atoms with Crippen molar-refractivity contribution in [1.29, 1.82) is 0 Å². The Morgan fingerprint density at radius 2 is 2.22 bits per heavy atom. The topological polar surface area (TPSA) is 32.3 Å². The number of rotatable bonds is 3. The molecule has 1 amide bonds. The van der Waals surface area contributed by atoms with Crippen molar-refractivity contribution in [2.45, 2.75) is 37.5 Å². The molecule has 4 rings (SSSR count). The van der Waals surface area contributed by atoms with Gasteiger partial charge in [-0.05, 0) is 62.7 Å². The fourth-order valence-corrected chi connectivity index (χ4v) is 4.86. The molecule has 1 heterocycles. The molecule has 2 fully saturated rings. The molecule has 3 atom stereocenters. The molecule has 0 aromatic heterocycles. The molecule has 1 spiro atoms. The van der Waals surface area contributed by atoms with E-state index in [4.69, 9.17) is 0 Å². The van der Waals surface area contributed by atoms with Crippen molar-refractivity contribution >= 4 is 18.3 Å². The minimum Gasteiger partial charge on any atom is -0.342 e. The van der Waals surface area contributed by atoms with Crippen LogP contribution in [0.1, 0.15) is 36.8 Å². The predicted molar refractivity (Wildman–Crippen MR) is 95.0 cm³/mol. The van der Waals surface area contributed by atoms with E-state index in [2.05, 4.69) is 34.5 Å². The van der Waals surface area contributed by atoms with Crippen LogP contribution in [0.2, 0.25) is 0 Å². The quantitative estimate of drug-likeness (QED) is 0.922. The summed E-state index contributed by atoms with van der Waals surface area (Å²) >= 11 is 0. The summed E-state index contributed by atoms with van der Waals surface area (Å²) < 4.78 is 0. The van der Waals surface area contributed by atoms with Crippen LogP contribution in [-0.4, -0.2) is 37.5 Å². The third kappa shape index (κ3) is 2.78. The van der Waals surface area contributed by atoms with Gasteiger partial charge >= 0.3 is 0 Å². The molecule has 3 unspecified atom stereocenters. The second kappa shape index (κ2) is 6.45. The summed E-state index contributed by atoms with van der Waals surface area (Å²) in [6.07, 6.45) is 5.83. The lowest BCUT2D eigenvalue weighted by molar-refractivity contribution is -0.134. The van der Waals surface area contributed by atoms with Gasteiger partial charge in [-0.2, -0.15) is 0 Å². The molecular weight excluding hydrogens is 308 g/mol. The number of fused-ring (bicyclic) bond motifs is 2. The fourth-order valence-electron chi connectivity index (χ4n) is 4.86. The number of carbonyl (C=O) groups is 1. The maximum absolute atomic E-state index is 13.0. The van der Waals surface area contributed by atoms with Crippen LogP contribution in [0.5, 0.6) is 0 Å². The van der Waals surface area contributed by atoms with E-state index in [1.54, 1.807) is 0 Å². The minimum absolute atomic E-state index is 0. The molecule has 2 aliphatic carbocycles. The lowest BCUT2D eigenvalue weighted by atomic mass is 9.93. The van der Waals surface area contributed by atoms with Crippen molar-refractivity contribution in [3.8, 4) is 0 Å². The van der Waals surface area contributed by atoms with Crippen LogP contribution < -0.4 is 5.32 Å². The SMILES string of the molecule is CNCC1CCCN(C(=O)C2CC23CCc2ccccc23)C1.Cl. The van der Waals surface area contributed by atoms with Gasteiger partial charge in [0.25, 0.3) is 0 Å². The van der Waals surface area contributed by atoms with Gasteiger partial charge < -0.3 is 10.2 Å². The van der Waals surface area contributed by atoms with E-state index in [1.807, 2.05) is 7.05 Å². The molecule has 1 aromatic carbocycles. The number of halogens is 1. The molecule has 1 N–H and O–H groups in total. The molecular formula is C19H27ClN2O. The highest BCUT2D eigenvalue weighted by atomic mass is 35.5. The Kier molecular flexibility index (Phi) is 4.70. The van der Waals surface area contributed by atoms with Gasteiger partial charge in [-0.3, -0.25) is 4.79 Å². The first-order valence-corrected chi connectivity index (χ1v) is 8.76. The zero-order valence-corrected chi connectivity index (χ0v) is 14.7. The number of carbonyl (C=O) groups excluding carboxylic acids is 1. The first-order valence-electron chi connectivity index (χ1n) is 8.76. The van der Waals surface area contributed by atoms with E-state index < -0.39 is 0 Å². The van der Waals surface area contributed by atoms with E-state index in [1.165, 1.54) is 24.0 Å². The number of hydrogen-bond acceptors (Lipinski definition) is 2. The number of aryl methyl sites for hydroxylation is 1. The van der Waals surface area contributed by atoms with Gasteiger partial charge in [-0.25, -0.2) is 0 Å². The number of amides is 1. The normalized spacial score (nSPS) is 31.6. The molecule has 4 heteroatoms. The third-order valence-electron chi connectivity index (χ3n) is 6.09. The largest absolute Gasteiger partial charge is 0.342 e. The Bertz CT molecular complexity index is 588. The van der Waals surface area contributed by atoms with Crippen LogP contribution >= 0.6 is 12.4 Å². The molecule has 0 bridgehead atoms. The van der Waals surface area contributed by atoms with E-state index in [0.717, 1.165) is 38.9 Å². The molecule has 1 aromatic rings. The van der Waals surface area contributed by atoms with Crippen LogP contribution in [0.25, 0.3) is 0 Å². The Labute approximate surface area is 145 Å². The van der Waals surface area contributed by atoms with Gasteiger partial charge in [0, 0.05) is 24.4 Å². The molecule has 1 aliphatic heterocycles. The standard InChI is InChI=1S/C19H26N2O.ClH/c1-20-12-14-5-4-10-21(13-14)18(22)17-11-19(17)9-8-15-6-2-3-7-16(15)19;/h2-3,6-7,14,17,20H,4-5,8-13H2,1H3;1H. The van der Waals surface area contributed by atoms with Gasteiger partial charge in [-0.1, -0.05) is 24.3 Å². The van der Waals surface area contributed by atoms with Crippen molar-refractivity contribution in [2.75, 3.05) is 26.7 Å². The Morgan fingerprint density at radius 1 is 1.39 bits per heavy atom. The van der Waals surface area contributed by atoms with Gasteiger partial charge in [-0.15, -0.1) is 12.4 Å². The van der Waals surface area contributed by atoms with E-state index in [0.29, 0.717) is 11.8 Å². The van der Waals surface area contributed by atoms with Crippen LogP contribution in [-0.2, 0) is 16.6 Å². The summed E-state index contributed by atoms with van der Waals surface area (Å²) in [6, 6.07) is 8.77. The summed E-state index contributed by atoms with van der Waals surface area (Å²) in [5, 5.41) is 3.27. The summed E-state index contributed by atoms with van der Waals surface area (Å²) in [5.41, 5.74) is 3.14. The van der Waals surface area contributed by atoms with Gasteiger partial charge in [0.2, 0.25) is 5.91 Å². The second-order valence-corrected chi connectivity index (χ2v) is 7.42. The van der Waals surface area contributed by atoms with Crippen LogP contribution in [0, 0.1) is 11.8 Å². The van der Waals surface area contributed by atoms with E-state index in [-0.39, 0.29) is 23.7 Å². The number of benzene rings is 1. The van der Waals surface area contributed by atoms with E-state index >= 15 is 0 Å². The Morgan fingerprint density at radius 3 is 3.04 bits per heavy atom. The number of piperidine rings is 1. The van der Waals surface area contributed by atoms with Crippen molar-refractivity contribution in [3.05, 3.63) is 35.4 Å². The van der Waals surface area contributed by atoms with Gasteiger partial charge in [0.1, 0.15) is 0 Å². The summed E-state index contributed by atoms with van der Waals surface area (Å²) in [7, 11) is 2.01. The van der Waals surface area contributed by atoms with Gasteiger partial charge in [0.05, 0.1) is 0 Å². The third-order valence-corrected chi connectivity index (χ3v) is 6.09. The maximum atomic E-state index is 13.0. The number of hydrogen-bond donors (Lipinski definition) is 1. The lowest BCUT2D eigenvalue weighted by Gasteiger charge is -2.33. The molecule has 3 nitrogen and oxygen atoms in total. The summed E-state index contributed by atoms with van der Waals surface area (Å²) in [6.45, 7) is 2.95. The molecule has 1 saturated heterocycles. The highest BCUT2D eigenvalue weighted by Gasteiger charge is 2.62. The van der Waals surface area contributed by atoms with E-state index in [9.17, 15) is 4.79 Å². The maximum Gasteiger partial charge on any atom is 0.226 e. The first kappa shape index (κ1) is 16.8. The zero-order chi connectivity index (χ0) is 15.2. The highest BCUT2D eigenvalue weighted by molar-refractivity contribution is 5.85. The number of likely N-dealkylation sites (tertiary alicyclic amines) is 1. The van der Waals surface area contributed by atoms with Crippen molar-refractivity contribution in [2.24, 2.45) is 11.8 Å². The van der Waals surface area contributed by atoms with Crippen molar-refractivity contribution in [3.63, 3.8) is 0 Å². The average molecular weight is 335 g/mol. The molecule has 126 valence electrons. The summed E-state index contributed by atoms with van der Waals surface area (Å²) in [5.74, 6) is 1.32. The fraction of sp³-hybridized carbons (Fsp3) is 0.632. The zero-order valence-electron chi connectivity index (χ0n) is 13.9. The van der Waals surface area contributed by atoms with Crippen LogP contribution in [0.15, 0.2) is 24.3 Å². The first-order chi connectivity index (χ1) is 10.7. The van der Waals surface area contributed by atoms with Gasteiger partial charge in [0.15, 0.2) is 0 Å². The Balaban J connectivity index is 0.00000156. The highest BCUT2D eigenvalue weighted by Crippen LogP contribution is 2.62. The molecule has 23 heavy (non-hydrogen) atoms. The van der Waals surface area contributed by atoms with Crippen LogP contribution in [0.3, 0.4) is 0 Å². The lowest BCUT2D eigenvalue weighted by Crippen LogP contribution is -2.43. The molecule has 0 radical (unpaired) electrons. The van der Waals surface area contributed by atoms with Crippen molar-refractivity contribution in [1.82, 2.24) is 10.2 Å². The monoisotopic (exact) mass is 334 g/mol. The second-order valence-electron chi connectivity index (χ2n) is 7.42. The minimum atomic E-state index is 0. The molecule has 3 aliphatic rings. The number of nitrogens with one attached hydrogen (secondary N) is 1. The number of nitrogens with zero attached hydrogens (tertiary/aromatic N) is 1. The smallest absolute Gasteiger partial charge is 0.226 e. The molecule has 1 saturated carbocycles. The van der Waals surface area contributed by atoms with Crippen molar-refractivity contribution < 1.29 is 4.79 Å². The average Bonchev–Trinajstić information content (AvgIpc) is 3.17. The van der Waals surface area contributed by atoms with Crippen LogP contribution in [0.4, 0.5) is 0 Å².